The van der Waals surface area contributed by atoms with Crippen LogP contribution in [0.4, 0.5) is 5.13 Å². The van der Waals surface area contributed by atoms with E-state index >= 15 is 0 Å². The molecule has 0 radical (unpaired) electrons. The Morgan fingerprint density at radius 3 is 2.91 bits per heavy atom. The maximum Gasteiger partial charge on any atom is 0.257 e. The van der Waals surface area contributed by atoms with Crippen molar-refractivity contribution in [3.05, 3.63) is 46.5 Å². The van der Waals surface area contributed by atoms with Crippen LogP contribution < -0.4 is 14.8 Å². The number of rotatable bonds is 2. The Hall–Kier alpha value is -2.31. The van der Waals surface area contributed by atoms with Gasteiger partial charge in [-0.1, -0.05) is 29.0 Å². The van der Waals surface area contributed by atoms with Gasteiger partial charge in [-0.25, -0.2) is 4.98 Å². The van der Waals surface area contributed by atoms with Crippen molar-refractivity contribution >= 4 is 44.2 Å². The molecule has 0 spiro atoms. The summed E-state index contributed by atoms with van der Waals surface area (Å²) in [6.07, 6.45) is 0. The molecular weight excluding hydrogens is 336 g/mol. The fraction of sp³-hybridized carbons (Fsp3) is 0.125. The Labute approximate surface area is 140 Å². The molecule has 1 aliphatic rings. The summed E-state index contributed by atoms with van der Waals surface area (Å²) < 4.78 is 11.4. The Bertz CT molecular complexity index is 899. The monoisotopic (exact) mass is 346 g/mol. The number of benzene rings is 2. The molecular formula is C16H11ClN2O3S. The van der Waals surface area contributed by atoms with Crippen molar-refractivity contribution in [1.82, 2.24) is 4.98 Å². The number of aromatic nitrogens is 1. The molecule has 0 saturated carbocycles. The van der Waals surface area contributed by atoms with Gasteiger partial charge in [0.15, 0.2) is 16.6 Å². The third-order valence-corrected chi connectivity index (χ3v) is 4.98. The van der Waals surface area contributed by atoms with Crippen molar-refractivity contribution in [2.24, 2.45) is 0 Å². The quantitative estimate of drug-likeness (QED) is 0.754. The number of ether oxygens (including phenoxy) is 2. The van der Waals surface area contributed by atoms with E-state index in [1.807, 2.05) is 19.1 Å². The van der Waals surface area contributed by atoms with E-state index in [0.29, 0.717) is 27.2 Å². The van der Waals surface area contributed by atoms with Crippen LogP contribution in [-0.4, -0.2) is 17.7 Å². The molecule has 2 aromatic carbocycles. The summed E-state index contributed by atoms with van der Waals surface area (Å²) in [6.45, 7) is 2.14. The number of fused-ring (bicyclic) bond motifs is 2. The highest BCUT2D eigenvalue weighted by Gasteiger charge is 2.17. The van der Waals surface area contributed by atoms with Crippen molar-refractivity contribution < 1.29 is 14.3 Å². The summed E-state index contributed by atoms with van der Waals surface area (Å²) in [5.41, 5.74) is 2.31. The molecule has 1 aliphatic heterocycles. The van der Waals surface area contributed by atoms with Crippen LogP contribution in [-0.2, 0) is 0 Å². The molecule has 1 amide bonds. The van der Waals surface area contributed by atoms with Gasteiger partial charge in [-0.2, -0.15) is 0 Å². The van der Waals surface area contributed by atoms with E-state index < -0.39 is 0 Å². The summed E-state index contributed by atoms with van der Waals surface area (Å²) in [5, 5.41) is 3.95. The minimum Gasteiger partial charge on any atom is -0.454 e. The molecule has 0 saturated heterocycles. The first-order valence-corrected chi connectivity index (χ1v) is 8.08. The van der Waals surface area contributed by atoms with Crippen LogP contribution in [0.15, 0.2) is 30.3 Å². The van der Waals surface area contributed by atoms with E-state index in [9.17, 15) is 4.79 Å². The van der Waals surface area contributed by atoms with Crippen molar-refractivity contribution in [3.63, 3.8) is 0 Å². The van der Waals surface area contributed by atoms with Crippen molar-refractivity contribution in [1.29, 1.82) is 0 Å². The van der Waals surface area contributed by atoms with Crippen LogP contribution in [0, 0.1) is 6.92 Å². The Kier molecular flexibility index (Phi) is 3.36. The van der Waals surface area contributed by atoms with Gasteiger partial charge in [-0.15, -0.1) is 0 Å². The number of hydrogen-bond acceptors (Lipinski definition) is 5. The molecule has 2 heterocycles. The first kappa shape index (κ1) is 14.3. The zero-order valence-electron chi connectivity index (χ0n) is 12.1. The molecule has 5 nitrogen and oxygen atoms in total. The van der Waals surface area contributed by atoms with Crippen LogP contribution >= 0.6 is 22.9 Å². The highest BCUT2D eigenvalue weighted by molar-refractivity contribution is 7.23. The average Bonchev–Trinajstić information content (AvgIpc) is 3.17. The minimum absolute atomic E-state index is 0.177. The molecule has 7 heteroatoms. The number of anilines is 1. The summed E-state index contributed by atoms with van der Waals surface area (Å²) in [5.74, 6) is 0.959. The second kappa shape index (κ2) is 5.40. The fourth-order valence-electron chi connectivity index (χ4n) is 2.36. The number of hydrogen-bond donors (Lipinski definition) is 1. The topological polar surface area (TPSA) is 60.5 Å². The molecule has 116 valence electrons. The average molecular weight is 347 g/mol. The number of carbonyl (C=O) groups is 1. The molecule has 23 heavy (non-hydrogen) atoms. The van der Waals surface area contributed by atoms with Gasteiger partial charge in [-0.05, 0) is 36.8 Å². The summed E-state index contributed by atoms with van der Waals surface area (Å²) >= 11 is 7.54. The van der Waals surface area contributed by atoms with E-state index in [1.54, 1.807) is 18.2 Å². The molecule has 0 fully saturated rings. The van der Waals surface area contributed by atoms with Gasteiger partial charge in [0, 0.05) is 5.56 Å². The molecule has 0 aliphatic carbocycles. The fourth-order valence-corrected chi connectivity index (χ4v) is 3.57. The number of thiazole rings is 1. The van der Waals surface area contributed by atoms with Gasteiger partial charge >= 0.3 is 0 Å². The first-order chi connectivity index (χ1) is 11.1. The van der Waals surface area contributed by atoms with Gasteiger partial charge in [0.2, 0.25) is 6.79 Å². The maximum atomic E-state index is 12.4. The van der Waals surface area contributed by atoms with Gasteiger partial charge in [0.25, 0.3) is 5.91 Å². The molecule has 0 atom stereocenters. The molecule has 3 aromatic rings. The van der Waals surface area contributed by atoms with E-state index in [1.165, 1.54) is 11.3 Å². The highest BCUT2D eigenvalue weighted by atomic mass is 35.5. The first-order valence-electron chi connectivity index (χ1n) is 6.88. The largest absolute Gasteiger partial charge is 0.454 e. The normalized spacial score (nSPS) is 12.6. The lowest BCUT2D eigenvalue weighted by atomic mass is 10.2. The van der Waals surface area contributed by atoms with Crippen molar-refractivity contribution in [2.45, 2.75) is 6.92 Å². The molecule has 0 bridgehead atoms. The third-order valence-electron chi connectivity index (χ3n) is 3.55. The number of amides is 1. The Morgan fingerprint density at radius 1 is 1.26 bits per heavy atom. The zero-order chi connectivity index (χ0) is 16.0. The Balaban J connectivity index is 1.64. The number of halogens is 1. The van der Waals surface area contributed by atoms with E-state index in [0.717, 1.165) is 15.8 Å². The second-order valence-corrected chi connectivity index (χ2v) is 6.49. The SMILES string of the molecule is Cc1ccc(Cl)c2sc(NC(=O)c3ccc4c(c3)OCO4)nc12. The molecule has 0 unspecified atom stereocenters. The maximum absolute atomic E-state index is 12.4. The number of aryl methyl sites for hydroxylation is 1. The lowest BCUT2D eigenvalue weighted by Crippen LogP contribution is -2.11. The number of nitrogens with one attached hydrogen (secondary N) is 1. The third kappa shape index (κ3) is 2.50. The summed E-state index contributed by atoms with van der Waals surface area (Å²) in [6, 6.07) is 8.81. The van der Waals surface area contributed by atoms with Gasteiger partial charge < -0.3 is 9.47 Å². The van der Waals surface area contributed by atoms with Gasteiger partial charge in [-0.3, -0.25) is 10.1 Å². The van der Waals surface area contributed by atoms with Gasteiger partial charge in [0.05, 0.1) is 15.2 Å². The van der Waals surface area contributed by atoms with Crippen molar-refractivity contribution in [2.75, 3.05) is 12.1 Å². The van der Waals surface area contributed by atoms with Crippen LogP contribution in [0.2, 0.25) is 5.02 Å². The smallest absolute Gasteiger partial charge is 0.257 e. The molecule has 1 aromatic heterocycles. The number of nitrogens with zero attached hydrogens (tertiary/aromatic N) is 1. The van der Waals surface area contributed by atoms with E-state index in [-0.39, 0.29) is 12.7 Å². The van der Waals surface area contributed by atoms with Crippen LogP contribution in [0.5, 0.6) is 11.5 Å². The van der Waals surface area contributed by atoms with E-state index in [4.69, 9.17) is 21.1 Å². The lowest BCUT2D eigenvalue weighted by Gasteiger charge is -2.02. The van der Waals surface area contributed by atoms with Crippen molar-refractivity contribution in [3.8, 4) is 11.5 Å². The van der Waals surface area contributed by atoms with Gasteiger partial charge in [0.1, 0.15) is 0 Å². The lowest BCUT2D eigenvalue weighted by molar-refractivity contribution is 0.102. The van der Waals surface area contributed by atoms with Crippen LogP contribution in [0.25, 0.3) is 10.2 Å². The zero-order valence-corrected chi connectivity index (χ0v) is 13.6. The van der Waals surface area contributed by atoms with E-state index in [2.05, 4.69) is 10.3 Å². The standard InChI is InChI=1S/C16H11ClN2O3S/c1-8-2-4-10(17)14-13(8)18-16(23-14)19-15(20)9-3-5-11-12(6-9)22-7-21-11/h2-6H,7H2,1H3,(H,18,19,20). The highest BCUT2D eigenvalue weighted by Crippen LogP contribution is 2.35. The Morgan fingerprint density at radius 2 is 2.09 bits per heavy atom. The van der Waals surface area contributed by atoms with Crippen LogP contribution in [0.3, 0.4) is 0 Å². The molecule has 4 rings (SSSR count). The summed E-state index contributed by atoms with van der Waals surface area (Å²) in [4.78, 5) is 16.8. The predicted molar refractivity (Wildman–Crippen MR) is 89.9 cm³/mol. The minimum atomic E-state index is -0.254. The summed E-state index contributed by atoms with van der Waals surface area (Å²) in [7, 11) is 0. The second-order valence-electron chi connectivity index (χ2n) is 5.08. The molecule has 1 N–H and O–H groups in total. The number of carbonyl (C=O) groups excluding carboxylic acids is 1. The van der Waals surface area contributed by atoms with Crippen LogP contribution in [0.1, 0.15) is 15.9 Å². The predicted octanol–water partition coefficient (Wildman–Crippen LogP) is 4.24.